The fourth-order valence-corrected chi connectivity index (χ4v) is 3.22. The standard InChI is InChI=1S/C20H21N3O2S/c1-3-25-18-12-8-7-11-16(18)22-19(24)14(2)26-20-21-13-17(23-20)15-9-5-4-6-10-15/h4-14H,3H2,1-2H3,(H,21,23)(H,22,24)/t14-/m1/s1. The van der Waals surface area contributed by atoms with E-state index in [0.29, 0.717) is 23.2 Å². The van der Waals surface area contributed by atoms with Gasteiger partial charge in [-0.2, -0.15) is 0 Å². The minimum Gasteiger partial charge on any atom is -0.492 e. The summed E-state index contributed by atoms with van der Waals surface area (Å²) in [6, 6.07) is 17.4. The molecular weight excluding hydrogens is 346 g/mol. The predicted octanol–water partition coefficient (Wildman–Crippen LogP) is 4.59. The van der Waals surface area contributed by atoms with Crippen LogP contribution in [0.25, 0.3) is 11.3 Å². The fourth-order valence-electron chi connectivity index (χ4n) is 2.43. The van der Waals surface area contributed by atoms with Gasteiger partial charge in [-0.1, -0.05) is 54.2 Å². The van der Waals surface area contributed by atoms with Gasteiger partial charge in [0.15, 0.2) is 5.16 Å². The van der Waals surface area contributed by atoms with Crippen molar-refractivity contribution in [2.75, 3.05) is 11.9 Å². The molecule has 0 aliphatic heterocycles. The highest BCUT2D eigenvalue weighted by atomic mass is 32.2. The van der Waals surface area contributed by atoms with Crippen molar-refractivity contribution in [1.29, 1.82) is 0 Å². The number of para-hydroxylation sites is 2. The summed E-state index contributed by atoms with van der Waals surface area (Å²) in [5.74, 6) is 0.574. The molecular formula is C20H21N3O2S. The number of aromatic amines is 1. The first-order valence-electron chi connectivity index (χ1n) is 8.47. The van der Waals surface area contributed by atoms with Crippen molar-refractivity contribution in [2.45, 2.75) is 24.3 Å². The number of amides is 1. The maximum atomic E-state index is 12.5. The topological polar surface area (TPSA) is 67.0 Å². The lowest BCUT2D eigenvalue weighted by atomic mass is 10.2. The number of ether oxygens (including phenoxy) is 1. The number of aromatic nitrogens is 2. The maximum Gasteiger partial charge on any atom is 0.237 e. The summed E-state index contributed by atoms with van der Waals surface area (Å²) < 4.78 is 5.55. The average molecular weight is 367 g/mol. The van der Waals surface area contributed by atoms with E-state index in [4.69, 9.17) is 4.74 Å². The van der Waals surface area contributed by atoms with E-state index in [1.54, 1.807) is 6.20 Å². The number of carbonyl (C=O) groups excluding carboxylic acids is 1. The number of hydrogen-bond acceptors (Lipinski definition) is 4. The van der Waals surface area contributed by atoms with Gasteiger partial charge in [-0.15, -0.1) is 0 Å². The number of H-pyrrole nitrogens is 1. The maximum absolute atomic E-state index is 12.5. The zero-order chi connectivity index (χ0) is 18.4. The molecule has 2 aromatic carbocycles. The molecule has 0 saturated heterocycles. The first-order chi connectivity index (χ1) is 12.7. The zero-order valence-electron chi connectivity index (χ0n) is 14.7. The van der Waals surface area contributed by atoms with Gasteiger partial charge in [-0.25, -0.2) is 4.98 Å². The van der Waals surface area contributed by atoms with Crippen LogP contribution in [0, 0.1) is 0 Å². The Labute approximate surface area is 157 Å². The van der Waals surface area contributed by atoms with Crippen LogP contribution in [0.3, 0.4) is 0 Å². The normalized spacial score (nSPS) is 11.8. The van der Waals surface area contributed by atoms with Crippen LogP contribution in [0.1, 0.15) is 13.8 Å². The Morgan fingerprint density at radius 1 is 1.19 bits per heavy atom. The molecule has 3 aromatic rings. The van der Waals surface area contributed by atoms with Gasteiger partial charge in [0.1, 0.15) is 5.75 Å². The SMILES string of the molecule is CCOc1ccccc1NC(=O)[C@@H](C)Sc1ncc(-c2ccccc2)[nH]1. The molecule has 0 bridgehead atoms. The molecule has 1 aromatic heterocycles. The van der Waals surface area contributed by atoms with E-state index in [9.17, 15) is 4.79 Å². The van der Waals surface area contributed by atoms with Gasteiger partial charge in [-0.05, 0) is 31.5 Å². The molecule has 134 valence electrons. The predicted molar refractivity (Wildman–Crippen MR) is 106 cm³/mol. The second kappa shape index (κ2) is 8.58. The summed E-state index contributed by atoms with van der Waals surface area (Å²) >= 11 is 1.39. The van der Waals surface area contributed by atoms with Crippen LogP contribution in [-0.2, 0) is 4.79 Å². The van der Waals surface area contributed by atoms with Crippen LogP contribution in [0.4, 0.5) is 5.69 Å². The van der Waals surface area contributed by atoms with Crippen LogP contribution in [-0.4, -0.2) is 27.7 Å². The average Bonchev–Trinajstić information content (AvgIpc) is 3.13. The molecule has 26 heavy (non-hydrogen) atoms. The number of anilines is 1. The minimum absolute atomic E-state index is 0.0974. The molecule has 0 saturated carbocycles. The van der Waals surface area contributed by atoms with Gasteiger partial charge in [0.2, 0.25) is 5.91 Å². The van der Waals surface area contributed by atoms with Crippen molar-refractivity contribution in [3.05, 3.63) is 60.8 Å². The highest BCUT2D eigenvalue weighted by Crippen LogP contribution is 2.27. The van der Waals surface area contributed by atoms with Crippen LogP contribution in [0.5, 0.6) is 5.75 Å². The Kier molecular flexibility index (Phi) is 5.96. The lowest BCUT2D eigenvalue weighted by Gasteiger charge is -2.14. The minimum atomic E-state index is -0.306. The highest BCUT2D eigenvalue weighted by molar-refractivity contribution is 8.00. The van der Waals surface area contributed by atoms with Gasteiger partial charge in [0.25, 0.3) is 0 Å². The molecule has 1 atom stereocenters. The molecule has 0 fully saturated rings. The third-order valence-corrected chi connectivity index (χ3v) is 4.74. The third-order valence-electron chi connectivity index (χ3n) is 3.74. The quantitative estimate of drug-likeness (QED) is 0.599. The summed E-state index contributed by atoms with van der Waals surface area (Å²) in [4.78, 5) is 20.2. The summed E-state index contributed by atoms with van der Waals surface area (Å²) in [6.45, 7) is 4.32. The molecule has 1 heterocycles. The van der Waals surface area contributed by atoms with E-state index < -0.39 is 0 Å². The van der Waals surface area contributed by atoms with Gasteiger partial charge in [0.05, 0.1) is 29.4 Å². The number of nitrogens with zero attached hydrogens (tertiary/aromatic N) is 1. The van der Waals surface area contributed by atoms with Gasteiger partial charge >= 0.3 is 0 Å². The number of nitrogens with one attached hydrogen (secondary N) is 2. The monoisotopic (exact) mass is 367 g/mol. The van der Waals surface area contributed by atoms with Crippen molar-refractivity contribution < 1.29 is 9.53 Å². The molecule has 1 amide bonds. The lowest BCUT2D eigenvalue weighted by Crippen LogP contribution is -2.22. The van der Waals surface area contributed by atoms with Crippen LogP contribution in [0.15, 0.2) is 66.0 Å². The number of rotatable bonds is 7. The molecule has 6 heteroatoms. The summed E-state index contributed by atoms with van der Waals surface area (Å²) in [6.07, 6.45) is 1.78. The van der Waals surface area contributed by atoms with E-state index in [0.717, 1.165) is 11.3 Å². The van der Waals surface area contributed by atoms with Gasteiger partial charge in [0, 0.05) is 0 Å². The van der Waals surface area contributed by atoms with E-state index >= 15 is 0 Å². The Hall–Kier alpha value is -2.73. The molecule has 0 spiro atoms. The van der Waals surface area contributed by atoms with Crippen molar-refractivity contribution >= 4 is 23.4 Å². The van der Waals surface area contributed by atoms with Crippen LogP contribution in [0.2, 0.25) is 0 Å². The summed E-state index contributed by atoms with van der Waals surface area (Å²) in [5.41, 5.74) is 2.67. The van der Waals surface area contributed by atoms with Gasteiger partial charge < -0.3 is 15.0 Å². The number of carbonyl (C=O) groups is 1. The number of benzene rings is 2. The molecule has 0 unspecified atom stereocenters. The van der Waals surface area contributed by atoms with E-state index in [1.165, 1.54) is 11.8 Å². The van der Waals surface area contributed by atoms with Crippen LogP contribution < -0.4 is 10.1 Å². The first-order valence-corrected chi connectivity index (χ1v) is 9.35. The van der Waals surface area contributed by atoms with Crippen molar-refractivity contribution in [2.24, 2.45) is 0 Å². The number of hydrogen-bond donors (Lipinski definition) is 2. The Morgan fingerprint density at radius 3 is 2.69 bits per heavy atom. The fraction of sp³-hybridized carbons (Fsp3) is 0.200. The van der Waals surface area contributed by atoms with Crippen molar-refractivity contribution in [3.63, 3.8) is 0 Å². The van der Waals surface area contributed by atoms with Gasteiger partial charge in [-0.3, -0.25) is 4.79 Å². The van der Waals surface area contributed by atoms with E-state index in [-0.39, 0.29) is 11.2 Å². The zero-order valence-corrected chi connectivity index (χ0v) is 15.5. The number of thioether (sulfide) groups is 1. The third kappa shape index (κ3) is 4.46. The second-order valence-electron chi connectivity index (χ2n) is 5.65. The second-order valence-corrected chi connectivity index (χ2v) is 6.98. The first kappa shape index (κ1) is 18.1. The highest BCUT2D eigenvalue weighted by Gasteiger charge is 2.18. The van der Waals surface area contributed by atoms with E-state index in [2.05, 4.69) is 15.3 Å². The summed E-state index contributed by atoms with van der Waals surface area (Å²) in [7, 11) is 0. The summed E-state index contributed by atoms with van der Waals surface area (Å²) in [5, 5.41) is 3.33. The smallest absolute Gasteiger partial charge is 0.237 e. The molecule has 5 nitrogen and oxygen atoms in total. The lowest BCUT2D eigenvalue weighted by molar-refractivity contribution is -0.115. The molecule has 0 radical (unpaired) electrons. The number of imidazole rings is 1. The van der Waals surface area contributed by atoms with Crippen LogP contribution >= 0.6 is 11.8 Å². The Morgan fingerprint density at radius 2 is 1.92 bits per heavy atom. The van der Waals surface area contributed by atoms with Crippen molar-refractivity contribution in [1.82, 2.24) is 9.97 Å². The van der Waals surface area contributed by atoms with Crippen molar-refractivity contribution in [3.8, 4) is 17.0 Å². The largest absolute Gasteiger partial charge is 0.492 e. The molecule has 2 N–H and O–H groups in total. The molecule has 0 aliphatic rings. The Balaban J connectivity index is 1.64. The Bertz CT molecular complexity index is 864. The molecule has 0 aliphatic carbocycles. The van der Waals surface area contributed by atoms with E-state index in [1.807, 2.05) is 68.4 Å². The molecule has 3 rings (SSSR count).